The summed E-state index contributed by atoms with van der Waals surface area (Å²) in [6.45, 7) is 3.77. The monoisotopic (exact) mass is 337 g/mol. The van der Waals surface area contributed by atoms with Crippen LogP contribution in [0.5, 0.6) is 0 Å². The Morgan fingerprint density at radius 1 is 1.08 bits per heavy atom. The zero-order valence-corrected chi connectivity index (χ0v) is 14.2. The Labute approximate surface area is 145 Å². The lowest BCUT2D eigenvalue weighted by atomic mass is 9.99. The molecule has 5 heteroatoms. The summed E-state index contributed by atoms with van der Waals surface area (Å²) in [6, 6.07) is 13.8. The van der Waals surface area contributed by atoms with E-state index in [0.717, 1.165) is 42.5 Å². The molecule has 1 aromatic heterocycles. The fraction of sp³-hybridized carbons (Fsp3) is 0.300. The molecule has 1 fully saturated rings. The number of benzene rings is 2. The van der Waals surface area contributed by atoms with Crippen molar-refractivity contribution >= 4 is 16.8 Å². The van der Waals surface area contributed by atoms with Gasteiger partial charge in [-0.1, -0.05) is 25.1 Å². The van der Waals surface area contributed by atoms with Crippen LogP contribution >= 0.6 is 0 Å². The number of hydrogen-bond donors (Lipinski definition) is 0. The highest BCUT2D eigenvalue weighted by molar-refractivity contribution is 6.05. The lowest BCUT2D eigenvalue weighted by Crippen LogP contribution is -2.38. The zero-order chi connectivity index (χ0) is 17.4. The minimum atomic E-state index is -0.293. The van der Waals surface area contributed by atoms with E-state index >= 15 is 0 Å². The number of halogens is 1. The Kier molecular flexibility index (Phi) is 3.99. The van der Waals surface area contributed by atoms with Crippen LogP contribution in [0.4, 0.5) is 4.39 Å². The molecular weight excluding hydrogens is 317 g/mol. The zero-order valence-electron chi connectivity index (χ0n) is 14.2. The third-order valence-electron chi connectivity index (χ3n) is 4.93. The molecule has 1 saturated heterocycles. The van der Waals surface area contributed by atoms with Crippen molar-refractivity contribution in [1.82, 2.24) is 14.7 Å². The van der Waals surface area contributed by atoms with Crippen molar-refractivity contribution in [3.63, 3.8) is 0 Å². The van der Waals surface area contributed by atoms with Crippen molar-refractivity contribution in [3.05, 3.63) is 60.0 Å². The van der Waals surface area contributed by atoms with Crippen LogP contribution in [0.15, 0.2) is 48.5 Å². The third kappa shape index (κ3) is 2.90. The van der Waals surface area contributed by atoms with Crippen LogP contribution in [0, 0.1) is 11.7 Å². The summed E-state index contributed by atoms with van der Waals surface area (Å²) in [7, 11) is 0. The third-order valence-corrected chi connectivity index (χ3v) is 4.93. The number of hydrogen-bond acceptors (Lipinski definition) is 2. The molecule has 0 N–H and O–H groups in total. The van der Waals surface area contributed by atoms with E-state index in [0.29, 0.717) is 11.6 Å². The first-order valence-electron chi connectivity index (χ1n) is 8.66. The number of rotatable bonds is 2. The predicted molar refractivity (Wildman–Crippen MR) is 95.3 cm³/mol. The first kappa shape index (κ1) is 15.8. The summed E-state index contributed by atoms with van der Waals surface area (Å²) in [4.78, 5) is 14.9. The highest BCUT2D eigenvalue weighted by atomic mass is 19.1. The molecule has 4 nitrogen and oxygen atoms in total. The number of carbonyl (C=O) groups is 1. The SMILES string of the molecule is CC1CCN(C(=O)c2nn(-c3ccc(F)cc3)c3ccccc23)CC1. The van der Waals surface area contributed by atoms with Crippen LogP contribution < -0.4 is 0 Å². The molecule has 1 aliphatic heterocycles. The molecule has 2 heterocycles. The second kappa shape index (κ2) is 6.31. The summed E-state index contributed by atoms with van der Waals surface area (Å²) in [5, 5.41) is 5.42. The Bertz CT molecular complexity index is 908. The standard InChI is InChI=1S/C20H20FN3O/c1-14-10-12-23(13-11-14)20(25)19-17-4-2-3-5-18(17)24(22-19)16-8-6-15(21)7-9-16/h2-9,14H,10-13H2,1H3. The summed E-state index contributed by atoms with van der Waals surface area (Å²) in [5.74, 6) is 0.348. The van der Waals surface area contributed by atoms with Gasteiger partial charge in [0.1, 0.15) is 5.82 Å². The van der Waals surface area contributed by atoms with Crippen molar-refractivity contribution in [2.24, 2.45) is 5.92 Å². The number of piperidine rings is 1. The lowest BCUT2D eigenvalue weighted by molar-refractivity contribution is 0.0692. The van der Waals surface area contributed by atoms with Crippen LogP contribution in [0.25, 0.3) is 16.6 Å². The number of para-hydroxylation sites is 1. The molecule has 128 valence electrons. The largest absolute Gasteiger partial charge is 0.337 e. The normalized spacial score (nSPS) is 15.7. The van der Waals surface area contributed by atoms with Gasteiger partial charge >= 0.3 is 0 Å². The van der Waals surface area contributed by atoms with Crippen LogP contribution in [0.3, 0.4) is 0 Å². The summed E-state index contributed by atoms with van der Waals surface area (Å²) in [6.07, 6.45) is 2.06. The molecule has 4 rings (SSSR count). The molecule has 0 atom stereocenters. The molecular formula is C20H20FN3O. The van der Waals surface area contributed by atoms with E-state index in [1.54, 1.807) is 16.8 Å². The summed E-state index contributed by atoms with van der Waals surface area (Å²) >= 11 is 0. The fourth-order valence-corrected chi connectivity index (χ4v) is 3.36. The average Bonchev–Trinajstić information content (AvgIpc) is 3.02. The van der Waals surface area contributed by atoms with Crippen molar-refractivity contribution in [2.45, 2.75) is 19.8 Å². The van der Waals surface area contributed by atoms with Gasteiger partial charge in [-0.15, -0.1) is 0 Å². The van der Waals surface area contributed by atoms with Gasteiger partial charge < -0.3 is 4.90 Å². The van der Waals surface area contributed by atoms with Gasteiger partial charge in [-0.25, -0.2) is 9.07 Å². The van der Waals surface area contributed by atoms with Crippen LogP contribution in [-0.4, -0.2) is 33.7 Å². The van der Waals surface area contributed by atoms with Crippen LogP contribution in [0.2, 0.25) is 0 Å². The van der Waals surface area contributed by atoms with Crippen molar-refractivity contribution in [2.75, 3.05) is 13.1 Å². The Balaban J connectivity index is 1.77. The van der Waals surface area contributed by atoms with E-state index < -0.39 is 0 Å². The van der Waals surface area contributed by atoms with Gasteiger partial charge in [-0.2, -0.15) is 5.10 Å². The lowest BCUT2D eigenvalue weighted by Gasteiger charge is -2.29. The number of nitrogens with zero attached hydrogens (tertiary/aromatic N) is 3. The van der Waals surface area contributed by atoms with Crippen molar-refractivity contribution in [3.8, 4) is 5.69 Å². The van der Waals surface area contributed by atoms with Gasteiger partial charge in [0.25, 0.3) is 5.91 Å². The second-order valence-electron chi connectivity index (χ2n) is 6.73. The molecule has 2 aromatic carbocycles. The Morgan fingerprint density at radius 3 is 2.48 bits per heavy atom. The number of carbonyl (C=O) groups excluding carboxylic acids is 1. The molecule has 0 unspecified atom stereocenters. The average molecular weight is 337 g/mol. The maximum atomic E-state index is 13.2. The Morgan fingerprint density at radius 2 is 1.76 bits per heavy atom. The molecule has 1 amide bonds. The molecule has 0 aliphatic carbocycles. The van der Waals surface area contributed by atoms with Gasteiger partial charge in [0.05, 0.1) is 11.2 Å². The number of likely N-dealkylation sites (tertiary alicyclic amines) is 1. The molecule has 1 aliphatic rings. The smallest absolute Gasteiger partial charge is 0.275 e. The number of amides is 1. The van der Waals surface area contributed by atoms with Crippen LogP contribution in [0.1, 0.15) is 30.3 Å². The maximum Gasteiger partial charge on any atom is 0.275 e. The van der Waals surface area contributed by atoms with Gasteiger partial charge in [0, 0.05) is 18.5 Å². The fourth-order valence-electron chi connectivity index (χ4n) is 3.36. The second-order valence-corrected chi connectivity index (χ2v) is 6.73. The quantitative estimate of drug-likeness (QED) is 0.708. The van der Waals surface area contributed by atoms with E-state index in [1.165, 1.54) is 12.1 Å². The molecule has 3 aromatic rings. The van der Waals surface area contributed by atoms with Gasteiger partial charge in [0.2, 0.25) is 0 Å². The van der Waals surface area contributed by atoms with Crippen LogP contribution in [-0.2, 0) is 0 Å². The molecule has 0 radical (unpaired) electrons. The highest BCUT2D eigenvalue weighted by Crippen LogP contribution is 2.25. The van der Waals surface area contributed by atoms with Gasteiger partial charge in [0.15, 0.2) is 5.69 Å². The maximum absolute atomic E-state index is 13.2. The van der Waals surface area contributed by atoms with E-state index in [4.69, 9.17) is 0 Å². The predicted octanol–water partition coefficient (Wildman–Crippen LogP) is 4.04. The number of aromatic nitrogens is 2. The van der Waals surface area contributed by atoms with Crippen molar-refractivity contribution < 1.29 is 9.18 Å². The summed E-state index contributed by atoms with van der Waals surface area (Å²) < 4.78 is 15.0. The summed E-state index contributed by atoms with van der Waals surface area (Å²) in [5.41, 5.74) is 2.06. The van der Waals surface area contributed by atoms with Gasteiger partial charge in [-0.3, -0.25) is 4.79 Å². The van der Waals surface area contributed by atoms with E-state index in [2.05, 4.69) is 12.0 Å². The molecule has 25 heavy (non-hydrogen) atoms. The first-order valence-corrected chi connectivity index (χ1v) is 8.66. The van der Waals surface area contributed by atoms with E-state index in [-0.39, 0.29) is 11.7 Å². The first-order chi connectivity index (χ1) is 12.1. The molecule has 0 spiro atoms. The highest BCUT2D eigenvalue weighted by Gasteiger charge is 2.25. The molecule has 0 saturated carbocycles. The Hall–Kier alpha value is -2.69. The van der Waals surface area contributed by atoms with Gasteiger partial charge in [-0.05, 0) is 49.1 Å². The number of fused-ring (bicyclic) bond motifs is 1. The van der Waals surface area contributed by atoms with E-state index in [1.807, 2.05) is 29.2 Å². The minimum absolute atomic E-state index is 0.0241. The minimum Gasteiger partial charge on any atom is -0.337 e. The van der Waals surface area contributed by atoms with E-state index in [9.17, 15) is 9.18 Å². The topological polar surface area (TPSA) is 38.1 Å². The van der Waals surface area contributed by atoms with Crippen molar-refractivity contribution in [1.29, 1.82) is 0 Å². The molecule has 0 bridgehead atoms.